The standard InChI is InChI=1S/C24H24F3N7O/c1-35-10-4-9-21-29-19(14-20(28)31-21)12-15-5-2-6-16(11-15)22-32-23(34-33-22)30-18-8-3-7-17(13-18)24(25,26)27/h2-3,5-8,11,13-14H,4,9-10,12H2,1H3,(H2,28,29,31)(H2,30,32,33,34). The molecule has 0 saturated heterocycles. The number of hydrogen-bond donors (Lipinski definition) is 3. The van der Waals surface area contributed by atoms with E-state index in [0.717, 1.165) is 35.4 Å². The van der Waals surface area contributed by atoms with Crippen molar-refractivity contribution in [2.75, 3.05) is 24.8 Å². The molecule has 0 spiro atoms. The fourth-order valence-electron chi connectivity index (χ4n) is 3.54. The first-order valence-corrected chi connectivity index (χ1v) is 10.9. The van der Waals surface area contributed by atoms with Crippen LogP contribution in [0.4, 0.5) is 30.6 Å². The number of methoxy groups -OCH3 is 1. The molecule has 0 unspecified atom stereocenters. The number of nitrogens with two attached hydrogens (primary N) is 1. The van der Waals surface area contributed by atoms with Crippen molar-refractivity contribution in [3.8, 4) is 11.4 Å². The van der Waals surface area contributed by atoms with Crippen molar-refractivity contribution < 1.29 is 17.9 Å². The maximum atomic E-state index is 13.0. The van der Waals surface area contributed by atoms with Crippen molar-refractivity contribution in [1.82, 2.24) is 25.1 Å². The van der Waals surface area contributed by atoms with E-state index >= 15 is 0 Å². The molecule has 0 fully saturated rings. The molecule has 35 heavy (non-hydrogen) atoms. The molecule has 0 aliphatic rings. The van der Waals surface area contributed by atoms with Crippen LogP contribution >= 0.6 is 0 Å². The molecule has 8 nitrogen and oxygen atoms in total. The smallest absolute Gasteiger partial charge is 0.385 e. The van der Waals surface area contributed by atoms with Crippen LogP contribution in [0.2, 0.25) is 0 Å². The summed E-state index contributed by atoms with van der Waals surface area (Å²) in [5.41, 5.74) is 8.00. The van der Waals surface area contributed by atoms with Crippen molar-refractivity contribution in [1.29, 1.82) is 0 Å². The Morgan fingerprint density at radius 2 is 1.86 bits per heavy atom. The normalized spacial score (nSPS) is 11.5. The number of halogens is 3. The van der Waals surface area contributed by atoms with E-state index < -0.39 is 11.7 Å². The van der Waals surface area contributed by atoms with Crippen LogP contribution in [-0.4, -0.2) is 38.9 Å². The third-order valence-corrected chi connectivity index (χ3v) is 5.11. The molecule has 2 heterocycles. The molecule has 0 amide bonds. The van der Waals surface area contributed by atoms with E-state index in [2.05, 4.69) is 30.5 Å². The highest BCUT2D eigenvalue weighted by atomic mass is 19.4. The first kappa shape index (κ1) is 24.1. The van der Waals surface area contributed by atoms with Gasteiger partial charge >= 0.3 is 6.18 Å². The van der Waals surface area contributed by atoms with Gasteiger partial charge in [-0.25, -0.2) is 9.97 Å². The lowest BCUT2D eigenvalue weighted by Gasteiger charge is -2.08. The van der Waals surface area contributed by atoms with E-state index in [4.69, 9.17) is 10.5 Å². The number of aromatic amines is 1. The van der Waals surface area contributed by atoms with E-state index in [1.165, 1.54) is 12.1 Å². The van der Waals surface area contributed by atoms with E-state index in [-0.39, 0.29) is 11.6 Å². The fraction of sp³-hybridized carbons (Fsp3) is 0.250. The number of H-pyrrole nitrogens is 1. The van der Waals surface area contributed by atoms with Crippen LogP contribution in [0.5, 0.6) is 0 Å². The molecule has 0 aliphatic heterocycles. The van der Waals surface area contributed by atoms with Crippen molar-refractivity contribution >= 4 is 17.5 Å². The summed E-state index contributed by atoms with van der Waals surface area (Å²) in [4.78, 5) is 13.3. The third kappa shape index (κ3) is 6.54. The Bertz CT molecular complexity index is 1290. The molecule has 0 saturated carbocycles. The number of aryl methyl sites for hydroxylation is 1. The Balaban J connectivity index is 1.48. The van der Waals surface area contributed by atoms with Crippen LogP contribution in [0.3, 0.4) is 0 Å². The summed E-state index contributed by atoms with van der Waals surface area (Å²) in [6.45, 7) is 0.622. The first-order chi connectivity index (χ1) is 16.8. The number of ether oxygens (including phenoxy) is 1. The minimum Gasteiger partial charge on any atom is -0.385 e. The molecule has 2 aromatic heterocycles. The average molecular weight is 483 g/mol. The summed E-state index contributed by atoms with van der Waals surface area (Å²) < 4.78 is 43.9. The maximum Gasteiger partial charge on any atom is 0.416 e. The van der Waals surface area contributed by atoms with Gasteiger partial charge in [-0.15, -0.1) is 5.10 Å². The van der Waals surface area contributed by atoms with Gasteiger partial charge in [0.05, 0.1) is 11.3 Å². The molecule has 0 radical (unpaired) electrons. The molecule has 0 bridgehead atoms. The molecule has 2 aromatic carbocycles. The highest BCUT2D eigenvalue weighted by Crippen LogP contribution is 2.31. The van der Waals surface area contributed by atoms with Gasteiger partial charge in [-0.1, -0.05) is 24.3 Å². The zero-order valence-electron chi connectivity index (χ0n) is 18.9. The average Bonchev–Trinajstić information content (AvgIpc) is 3.27. The van der Waals surface area contributed by atoms with Gasteiger partial charge in [-0.05, 0) is 36.2 Å². The third-order valence-electron chi connectivity index (χ3n) is 5.11. The monoisotopic (exact) mass is 483 g/mol. The van der Waals surface area contributed by atoms with Gasteiger partial charge in [0.2, 0.25) is 5.95 Å². The molecular weight excluding hydrogens is 459 g/mol. The van der Waals surface area contributed by atoms with Gasteiger partial charge < -0.3 is 15.8 Å². The van der Waals surface area contributed by atoms with Crippen molar-refractivity contribution in [2.45, 2.75) is 25.4 Å². The summed E-state index contributed by atoms with van der Waals surface area (Å²) in [5, 5.41) is 9.70. The second-order valence-corrected chi connectivity index (χ2v) is 7.89. The zero-order chi connectivity index (χ0) is 24.8. The van der Waals surface area contributed by atoms with E-state index in [9.17, 15) is 13.2 Å². The lowest BCUT2D eigenvalue weighted by molar-refractivity contribution is -0.137. The van der Waals surface area contributed by atoms with Crippen molar-refractivity contribution in [3.63, 3.8) is 0 Å². The number of benzene rings is 2. The van der Waals surface area contributed by atoms with Crippen molar-refractivity contribution in [3.05, 3.63) is 77.2 Å². The number of nitrogens with zero attached hydrogens (tertiary/aromatic N) is 4. The predicted octanol–water partition coefficient (Wildman–Crippen LogP) is 4.78. The highest BCUT2D eigenvalue weighted by Gasteiger charge is 2.30. The Hall–Kier alpha value is -3.99. The quantitative estimate of drug-likeness (QED) is 0.294. The Labute approximate surface area is 199 Å². The number of hydrogen-bond acceptors (Lipinski definition) is 7. The number of anilines is 3. The molecule has 4 aromatic rings. The van der Waals surface area contributed by atoms with Gasteiger partial charge in [0, 0.05) is 43.9 Å². The van der Waals surface area contributed by atoms with Crippen LogP contribution in [0, 0.1) is 0 Å². The Morgan fingerprint density at radius 3 is 2.66 bits per heavy atom. The second kappa shape index (κ2) is 10.5. The van der Waals surface area contributed by atoms with Gasteiger partial charge in [-0.2, -0.15) is 18.2 Å². The number of rotatable bonds is 9. The molecule has 0 atom stereocenters. The summed E-state index contributed by atoms with van der Waals surface area (Å²) in [5.74, 6) is 1.73. The lowest BCUT2D eigenvalue weighted by atomic mass is 10.1. The van der Waals surface area contributed by atoms with Crippen LogP contribution < -0.4 is 11.1 Å². The number of alkyl halides is 3. The van der Waals surface area contributed by atoms with Crippen LogP contribution in [0.15, 0.2) is 54.6 Å². The molecule has 4 N–H and O–H groups in total. The first-order valence-electron chi connectivity index (χ1n) is 10.9. The summed E-state index contributed by atoms with van der Waals surface area (Å²) in [6, 6.07) is 14.3. The summed E-state index contributed by atoms with van der Waals surface area (Å²) in [6.07, 6.45) is -2.41. The van der Waals surface area contributed by atoms with Crippen LogP contribution in [0.1, 0.15) is 29.1 Å². The number of nitrogen functional groups attached to an aromatic ring is 1. The van der Waals surface area contributed by atoms with Crippen LogP contribution in [0.25, 0.3) is 11.4 Å². The van der Waals surface area contributed by atoms with Gasteiger partial charge in [0.25, 0.3) is 0 Å². The van der Waals surface area contributed by atoms with E-state index in [1.54, 1.807) is 13.2 Å². The molecule has 11 heteroatoms. The maximum absolute atomic E-state index is 13.0. The predicted molar refractivity (Wildman–Crippen MR) is 126 cm³/mol. The fourth-order valence-corrected chi connectivity index (χ4v) is 3.54. The SMILES string of the molecule is COCCCc1nc(N)cc(Cc2cccc(-c3nc(Nc4cccc(C(F)(F)F)c4)n[nH]3)c2)n1. The van der Waals surface area contributed by atoms with Gasteiger partial charge in [0.1, 0.15) is 11.6 Å². The second-order valence-electron chi connectivity index (χ2n) is 7.89. The Kier molecular flexibility index (Phi) is 7.25. The largest absolute Gasteiger partial charge is 0.416 e. The summed E-state index contributed by atoms with van der Waals surface area (Å²) >= 11 is 0. The minimum absolute atomic E-state index is 0.161. The van der Waals surface area contributed by atoms with Gasteiger partial charge in [-0.3, -0.25) is 5.10 Å². The van der Waals surface area contributed by atoms with Crippen LogP contribution in [-0.2, 0) is 23.8 Å². The minimum atomic E-state index is -4.43. The zero-order valence-corrected chi connectivity index (χ0v) is 18.9. The molecule has 182 valence electrons. The molecular formula is C24H24F3N7O. The molecule has 0 aliphatic carbocycles. The van der Waals surface area contributed by atoms with Crippen molar-refractivity contribution in [2.24, 2.45) is 0 Å². The highest BCUT2D eigenvalue weighted by molar-refractivity contribution is 5.60. The van der Waals surface area contributed by atoms with Gasteiger partial charge in [0.15, 0.2) is 5.82 Å². The van der Waals surface area contributed by atoms with E-state index in [0.29, 0.717) is 36.9 Å². The number of nitrogens with one attached hydrogen (secondary N) is 2. The number of aromatic nitrogens is 5. The molecule has 4 rings (SSSR count). The Morgan fingerprint density at radius 1 is 1.03 bits per heavy atom. The summed E-state index contributed by atoms with van der Waals surface area (Å²) in [7, 11) is 1.65. The lowest BCUT2D eigenvalue weighted by Crippen LogP contribution is -2.05. The van der Waals surface area contributed by atoms with E-state index in [1.807, 2.05) is 24.3 Å². The topological polar surface area (TPSA) is 115 Å².